The molecule has 122 valence electrons. The summed E-state index contributed by atoms with van der Waals surface area (Å²) in [6.07, 6.45) is 7.68. The first-order valence-corrected chi connectivity index (χ1v) is 8.66. The van der Waals surface area contributed by atoms with Gasteiger partial charge in [-0.2, -0.15) is 0 Å². The van der Waals surface area contributed by atoms with Gasteiger partial charge in [-0.25, -0.2) is 0 Å². The van der Waals surface area contributed by atoms with Gasteiger partial charge in [0.05, 0.1) is 12.2 Å². The summed E-state index contributed by atoms with van der Waals surface area (Å²) in [5.74, 6) is 0. The molecule has 0 amide bonds. The maximum Gasteiger partial charge on any atom is 0.0853 e. The highest BCUT2D eigenvalue weighted by molar-refractivity contribution is 5.26. The molecule has 0 aromatic heterocycles. The third-order valence-electron chi connectivity index (χ3n) is 5.67. The molecule has 1 saturated heterocycles. The lowest BCUT2D eigenvalue weighted by molar-refractivity contribution is -0.110. The molecule has 3 atom stereocenters. The fourth-order valence-electron chi connectivity index (χ4n) is 4.44. The molecular formula is C19H29NO2. The smallest absolute Gasteiger partial charge is 0.0853 e. The molecule has 2 fully saturated rings. The molecule has 1 aromatic rings. The molecule has 2 aliphatic rings. The zero-order valence-corrected chi connectivity index (χ0v) is 14.0. The molecule has 3 rings (SSSR count). The van der Waals surface area contributed by atoms with E-state index in [0.717, 1.165) is 19.3 Å². The number of ether oxygens (including phenoxy) is 2. The van der Waals surface area contributed by atoms with E-state index in [-0.39, 0.29) is 17.7 Å². The van der Waals surface area contributed by atoms with Gasteiger partial charge in [0.15, 0.2) is 0 Å². The first-order chi connectivity index (χ1) is 10.8. The van der Waals surface area contributed by atoms with E-state index in [0.29, 0.717) is 0 Å². The zero-order chi connectivity index (χ0) is 15.4. The van der Waals surface area contributed by atoms with Crippen LogP contribution >= 0.6 is 0 Å². The monoisotopic (exact) mass is 303 g/mol. The normalized spacial score (nSPS) is 33.7. The Labute approximate surface area is 134 Å². The van der Waals surface area contributed by atoms with Gasteiger partial charge in [0, 0.05) is 19.8 Å². The van der Waals surface area contributed by atoms with Gasteiger partial charge in [0.2, 0.25) is 0 Å². The van der Waals surface area contributed by atoms with E-state index in [4.69, 9.17) is 9.47 Å². The Morgan fingerprint density at radius 2 is 1.64 bits per heavy atom. The Morgan fingerprint density at radius 3 is 2.27 bits per heavy atom. The van der Waals surface area contributed by atoms with E-state index in [2.05, 4.69) is 35.2 Å². The van der Waals surface area contributed by atoms with Crippen LogP contribution in [0.25, 0.3) is 0 Å². The van der Waals surface area contributed by atoms with Crippen molar-refractivity contribution in [1.29, 1.82) is 0 Å². The first-order valence-electron chi connectivity index (χ1n) is 8.66. The summed E-state index contributed by atoms with van der Waals surface area (Å²) in [6, 6.07) is 11.1. The summed E-state index contributed by atoms with van der Waals surface area (Å²) in [6.45, 7) is 2.42. The van der Waals surface area contributed by atoms with Crippen LogP contribution in [-0.4, -0.2) is 44.4 Å². The maximum atomic E-state index is 5.81. The molecular weight excluding hydrogens is 274 g/mol. The van der Waals surface area contributed by atoms with Crippen LogP contribution in [0, 0.1) is 0 Å². The van der Waals surface area contributed by atoms with Gasteiger partial charge < -0.3 is 9.47 Å². The van der Waals surface area contributed by atoms with Crippen LogP contribution in [-0.2, 0) is 15.0 Å². The van der Waals surface area contributed by atoms with Gasteiger partial charge >= 0.3 is 0 Å². The lowest BCUT2D eigenvalue weighted by Gasteiger charge is -2.51. The molecule has 0 bridgehead atoms. The molecule has 1 saturated carbocycles. The lowest BCUT2D eigenvalue weighted by atomic mass is 9.72. The van der Waals surface area contributed by atoms with Gasteiger partial charge in [0.25, 0.3) is 0 Å². The summed E-state index contributed by atoms with van der Waals surface area (Å²) < 4.78 is 11.5. The Hall–Kier alpha value is -0.900. The second kappa shape index (κ2) is 7.12. The van der Waals surface area contributed by atoms with Gasteiger partial charge in [-0.3, -0.25) is 4.90 Å². The fourth-order valence-corrected chi connectivity index (χ4v) is 4.44. The first kappa shape index (κ1) is 16.0. The van der Waals surface area contributed by atoms with Crippen LogP contribution in [0.3, 0.4) is 0 Å². The summed E-state index contributed by atoms with van der Waals surface area (Å²) in [5, 5.41) is 0. The number of hydrogen-bond acceptors (Lipinski definition) is 3. The Balaban J connectivity index is 1.93. The molecule has 1 aliphatic heterocycles. The van der Waals surface area contributed by atoms with Crippen molar-refractivity contribution in [3.63, 3.8) is 0 Å². The summed E-state index contributed by atoms with van der Waals surface area (Å²) in [7, 11) is 3.64. The van der Waals surface area contributed by atoms with E-state index in [1.807, 2.05) is 14.2 Å². The molecule has 3 nitrogen and oxygen atoms in total. The second-order valence-electron chi connectivity index (χ2n) is 6.74. The predicted octanol–water partition coefficient (Wildman–Crippen LogP) is 3.58. The molecule has 0 N–H and O–H groups in total. The molecule has 3 unspecified atom stereocenters. The van der Waals surface area contributed by atoms with Crippen molar-refractivity contribution in [2.24, 2.45) is 0 Å². The van der Waals surface area contributed by atoms with Gasteiger partial charge in [0.1, 0.15) is 0 Å². The molecule has 1 heterocycles. The lowest BCUT2D eigenvalue weighted by Crippen LogP contribution is -2.55. The standard InChI is InChI=1S/C19H29NO2/c1-21-17-11-12-19(15-18(17)22-2,16-9-5-3-6-10-16)20-13-7-4-8-14-20/h3,5-6,9-10,17-18H,4,7-8,11-15H2,1-2H3. The van der Waals surface area contributed by atoms with Crippen LogP contribution in [0.1, 0.15) is 44.1 Å². The Bertz CT molecular complexity index is 458. The van der Waals surface area contributed by atoms with Crippen LogP contribution in [0.2, 0.25) is 0 Å². The number of benzene rings is 1. The van der Waals surface area contributed by atoms with Crippen molar-refractivity contribution in [3.05, 3.63) is 35.9 Å². The number of rotatable bonds is 4. The topological polar surface area (TPSA) is 21.7 Å². The van der Waals surface area contributed by atoms with Crippen molar-refractivity contribution < 1.29 is 9.47 Å². The van der Waals surface area contributed by atoms with Crippen LogP contribution in [0.5, 0.6) is 0 Å². The average molecular weight is 303 g/mol. The predicted molar refractivity (Wildman–Crippen MR) is 89.0 cm³/mol. The SMILES string of the molecule is COC1CCC(c2ccccc2)(N2CCCCC2)CC1OC. The number of piperidine rings is 1. The summed E-state index contributed by atoms with van der Waals surface area (Å²) >= 11 is 0. The van der Waals surface area contributed by atoms with Crippen molar-refractivity contribution in [2.45, 2.75) is 56.3 Å². The van der Waals surface area contributed by atoms with Gasteiger partial charge in [-0.05, 0) is 50.8 Å². The molecule has 1 aliphatic carbocycles. The largest absolute Gasteiger partial charge is 0.379 e. The number of hydrogen-bond donors (Lipinski definition) is 0. The zero-order valence-electron chi connectivity index (χ0n) is 14.0. The van der Waals surface area contributed by atoms with E-state index in [1.54, 1.807) is 0 Å². The molecule has 1 aromatic carbocycles. The quantitative estimate of drug-likeness (QED) is 0.848. The number of likely N-dealkylation sites (tertiary alicyclic amines) is 1. The molecule has 22 heavy (non-hydrogen) atoms. The second-order valence-corrected chi connectivity index (χ2v) is 6.74. The summed E-state index contributed by atoms with van der Waals surface area (Å²) in [4.78, 5) is 2.73. The van der Waals surface area contributed by atoms with E-state index >= 15 is 0 Å². The van der Waals surface area contributed by atoms with E-state index in [1.165, 1.54) is 37.9 Å². The van der Waals surface area contributed by atoms with Crippen LogP contribution in [0.4, 0.5) is 0 Å². The molecule has 3 heteroatoms. The molecule has 0 spiro atoms. The number of nitrogens with zero attached hydrogens (tertiary/aromatic N) is 1. The van der Waals surface area contributed by atoms with E-state index < -0.39 is 0 Å². The minimum absolute atomic E-state index is 0.122. The Morgan fingerprint density at radius 1 is 0.955 bits per heavy atom. The Kier molecular flexibility index (Phi) is 5.17. The fraction of sp³-hybridized carbons (Fsp3) is 0.684. The minimum Gasteiger partial charge on any atom is -0.379 e. The van der Waals surface area contributed by atoms with Crippen molar-refractivity contribution >= 4 is 0 Å². The van der Waals surface area contributed by atoms with E-state index in [9.17, 15) is 0 Å². The number of methoxy groups -OCH3 is 2. The third-order valence-corrected chi connectivity index (χ3v) is 5.67. The highest BCUT2D eigenvalue weighted by Crippen LogP contribution is 2.44. The van der Waals surface area contributed by atoms with Gasteiger partial charge in [-0.1, -0.05) is 36.8 Å². The van der Waals surface area contributed by atoms with Crippen molar-refractivity contribution in [2.75, 3.05) is 27.3 Å². The van der Waals surface area contributed by atoms with Crippen molar-refractivity contribution in [3.8, 4) is 0 Å². The third kappa shape index (κ3) is 2.94. The highest BCUT2D eigenvalue weighted by Gasteiger charge is 2.46. The van der Waals surface area contributed by atoms with Gasteiger partial charge in [-0.15, -0.1) is 0 Å². The maximum absolute atomic E-state index is 5.81. The summed E-state index contributed by atoms with van der Waals surface area (Å²) in [5.41, 5.74) is 1.57. The molecule has 0 radical (unpaired) electrons. The van der Waals surface area contributed by atoms with Crippen LogP contribution in [0.15, 0.2) is 30.3 Å². The van der Waals surface area contributed by atoms with Crippen LogP contribution < -0.4 is 0 Å². The van der Waals surface area contributed by atoms with Crippen molar-refractivity contribution in [1.82, 2.24) is 4.90 Å². The average Bonchev–Trinajstić information content (AvgIpc) is 2.62. The highest BCUT2D eigenvalue weighted by atomic mass is 16.5. The minimum atomic E-state index is 0.122.